The average Bonchev–Trinajstić information content (AvgIpc) is 2.52. The summed E-state index contributed by atoms with van der Waals surface area (Å²) in [6, 6.07) is 4.51. The van der Waals surface area contributed by atoms with Gasteiger partial charge in [0.1, 0.15) is 0 Å². The second-order valence-corrected chi connectivity index (χ2v) is 15.1. The monoisotopic (exact) mass is 453 g/mol. The van der Waals surface area contributed by atoms with E-state index in [1.807, 2.05) is 4.90 Å². The molecule has 0 atom stereocenters. The average molecular weight is 455 g/mol. The third-order valence-corrected chi connectivity index (χ3v) is 12.1. The van der Waals surface area contributed by atoms with Crippen LogP contribution in [0.2, 0.25) is 18.1 Å². The molecule has 0 aromatic heterocycles. The minimum absolute atomic E-state index is 0.130. The topological polar surface area (TPSA) is 29.5 Å². The number of aryl methyl sites for hydroxylation is 2. The van der Waals surface area contributed by atoms with Gasteiger partial charge in [0.15, 0.2) is 8.32 Å². The first kappa shape index (κ1) is 22.6. The van der Waals surface area contributed by atoms with Gasteiger partial charge in [-0.15, -0.1) is 0 Å². The highest BCUT2D eigenvalue weighted by atomic mass is 79.9. The molecule has 1 aliphatic carbocycles. The Labute approximate surface area is 175 Å². The lowest BCUT2D eigenvalue weighted by atomic mass is 9.91. The molecule has 0 saturated heterocycles. The second kappa shape index (κ2) is 8.38. The van der Waals surface area contributed by atoms with Crippen LogP contribution in [0.25, 0.3) is 0 Å². The maximum atomic E-state index is 12.5. The first-order valence-corrected chi connectivity index (χ1v) is 13.8. The minimum atomic E-state index is -1.73. The van der Waals surface area contributed by atoms with E-state index in [1.165, 1.54) is 11.1 Å². The SMILES string of the molecule is CC(=O)N(c1cc(C)c(Br)c(C)c1)C1CCC(O[Si](C)(C)C(C)(C)C)CC1. The number of rotatable bonds is 4. The van der Waals surface area contributed by atoms with Gasteiger partial charge < -0.3 is 9.33 Å². The van der Waals surface area contributed by atoms with Crippen LogP contribution in [0, 0.1) is 13.8 Å². The maximum absolute atomic E-state index is 12.5. The van der Waals surface area contributed by atoms with Gasteiger partial charge in [0.25, 0.3) is 0 Å². The summed E-state index contributed by atoms with van der Waals surface area (Å²) in [6.45, 7) is 17.4. The van der Waals surface area contributed by atoms with Crippen molar-refractivity contribution < 1.29 is 9.22 Å². The Bertz CT molecular complexity index is 665. The lowest BCUT2D eigenvalue weighted by molar-refractivity contribution is -0.117. The summed E-state index contributed by atoms with van der Waals surface area (Å²) in [5, 5.41) is 0.238. The predicted octanol–water partition coefficient (Wildman–Crippen LogP) is 6.75. The highest BCUT2D eigenvalue weighted by molar-refractivity contribution is 9.10. The quantitative estimate of drug-likeness (QED) is 0.471. The normalized spacial score (nSPS) is 21.2. The van der Waals surface area contributed by atoms with Crippen molar-refractivity contribution in [2.45, 2.75) is 97.5 Å². The Balaban J connectivity index is 2.11. The van der Waals surface area contributed by atoms with E-state index >= 15 is 0 Å². The highest BCUT2D eigenvalue weighted by Gasteiger charge is 2.40. The van der Waals surface area contributed by atoms with Gasteiger partial charge in [0.2, 0.25) is 5.91 Å². The van der Waals surface area contributed by atoms with E-state index in [1.54, 1.807) is 6.92 Å². The summed E-state index contributed by atoms with van der Waals surface area (Å²) in [5.74, 6) is 0.130. The third-order valence-electron chi connectivity index (χ3n) is 6.31. The van der Waals surface area contributed by atoms with Crippen molar-refractivity contribution >= 4 is 35.8 Å². The van der Waals surface area contributed by atoms with Crippen LogP contribution in [-0.2, 0) is 9.22 Å². The van der Waals surface area contributed by atoms with Crippen LogP contribution < -0.4 is 4.90 Å². The van der Waals surface area contributed by atoms with Crippen LogP contribution in [0.1, 0.15) is 64.5 Å². The van der Waals surface area contributed by atoms with E-state index in [0.29, 0.717) is 6.10 Å². The largest absolute Gasteiger partial charge is 0.414 e. The molecule has 0 spiro atoms. The van der Waals surface area contributed by atoms with E-state index in [4.69, 9.17) is 4.43 Å². The lowest BCUT2D eigenvalue weighted by Gasteiger charge is -2.42. The number of hydrogen-bond acceptors (Lipinski definition) is 2. The molecule has 27 heavy (non-hydrogen) atoms. The van der Waals surface area contributed by atoms with Crippen LogP contribution in [0.4, 0.5) is 5.69 Å². The number of carbonyl (C=O) groups excluding carboxylic acids is 1. The van der Waals surface area contributed by atoms with Crippen LogP contribution in [0.5, 0.6) is 0 Å². The van der Waals surface area contributed by atoms with Crippen LogP contribution in [-0.4, -0.2) is 26.4 Å². The first-order chi connectivity index (χ1) is 12.3. The summed E-state index contributed by atoms with van der Waals surface area (Å²) in [4.78, 5) is 14.5. The molecule has 1 aromatic rings. The highest BCUT2D eigenvalue weighted by Crippen LogP contribution is 2.40. The van der Waals surface area contributed by atoms with Gasteiger partial charge in [0.05, 0.1) is 0 Å². The fourth-order valence-corrected chi connectivity index (χ4v) is 5.38. The van der Waals surface area contributed by atoms with Gasteiger partial charge >= 0.3 is 0 Å². The molecule has 152 valence electrons. The number of benzene rings is 1. The molecule has 0 N–H and O–H groups in total. The predicted molar refractivity (Wildman–Crippen MR) is 121 cm³/mol. The molecule has 0 radical (unpaired) electrons. The zero-order valence-corrected chi connectivity index (χ0v) is 20.9. The van der Waals surface area contributed by atoms with E-state index in [0.717, 1.165) is 35.8 Å². The van der Waals surface area contributed by atoms with Crippen molar-refractivity contribution in [3.05, 3.63) is 27.7 Å². The van der Waals surface area contributed by atoms with Gasteiger partial charge in [-0.2, -0.15) is 0 Å². The number of halogens is 1. The molecular weight excluding hydrogens is 418 g/mol. The molecule has 0 unspecified atom stereocenters. The van der Waals surface area contributed by atoms with E-state index < -0.39 is 8.32 Å². The van der Waals surface area contributed by atoms with Crippen molar-refractivity contribution in [1.82, 2.24) is 0 Å². The van der Waals surface area contributed by atoms with Crippen LogP contribution in [0.3, 0.4) is 0 Å². The van der Waals surface area contributed by atoms with E-state index in [-0.39, 0.29) is 17.0 Å². The molecule has 3 nitrogen and oxygen atoms in total. The van der Waals surface area contributed by atoms with E-state index in [2.05, 4.69) is 75.8 Å². The van der Waals surface area contributed by atoms with Gasteiger partial charge in [-0.25, -0.2) is 0 Å². The smallest absolute Gasteiger partial charge is 0.224 e. The summed E-state index contributed by atoms with van der Waals surface area (Å²) in [6.07, 6.45) is 4.43. The minimum Gasteiger partial charge on any atom is -0.414 e. The van der Waals surface area contributed by atoms with E-state index in [9.17, 15) is 4.79 Å². The summed E-state index contributed by atoms with van der Waals surface area (Å²) in [7, 11) is -1.73. The third kappa shape index (κ3) is 5.24. The fraction of sp³-hybridized carbons (Fsp3) is 0.682. The van der Waals surface area contributed by atoms with Gasteiger partial charge in [0, 0.05) is 29.2 Å². The second-order valence-electron chi connectivity index (χ2n) is 9.59. The Morgan fingerprint density at radius 3 is 2.00 bits per heavy atom. The first-order valence-electron chi connectivity index (χ1n) is 10.1. The summed E-state index contributed by atoms with van der Waals surface area (Å²) >= 11 is 3.63. The molecule has 2 rings (SSSR count). The Kier molecular flexibility index (Phi) is 7.02. The van der Waals surface area contributed by atoms with Gasteiger partial charge in [-0.05, 0) is 80.9 Å². The summed E-state index contributed by atoms with van der Waals surface area (Å²) in [5.41, 5.74) is 3.37. The van der Waals surface area contributed by atoms with Crippen molar-refractivity contribution in [3.8, 4) is 0 Å². The van der Waals surface area contributed by atoms with Crippen molar-refractivity contribution in [2.24, 2.45) is 0 Å². The zero-order chi connectivity index (χ0) is 20.6. The van der Waals surface area contributed by atoms with Gasteiger partial charge in [-0.3, -0.25) is 4.79 Å². The number of anilines is 1. The molecule has 1 aromatic carbocycles. The number of nitrogens with zero attached hydrogens (tertiary/aromatic N) is 1. The maximum Gasteiger partial charge on any atom is 0.224 e. The molecule has 1 amide bonds. The lowest BCUT2D eigenvalue weighted by Crippen LogP contribution is -2.47. The number of carbonyl (C=O) groups is 1. The molecule has 1 aliphatic rings. The Morgan fingerprint density at radius 2 is 1.59 bits per heavy atom. The van der Waals surface area contributed by atoms with Crippen LogP contribution in [0.15, 0.2) is 16.6 Å². The molecule has 1 saturated carbocycles. The fourth-order valence-electron chi connectivity index (χ4n) is 3.73. The number of hydrogen-bond donors (Lipinski definition) is 0. The van der Waals surface area contributed by atoms with Crippen molar-refractivity contribution in [3.63, 3.8) is 0 Å². The molecular formula is C22H36BrNO2Si. The molecule has 0 bridgehead atoms. The zero-order valence-electron chi connectivity index (χ0n) is 18.3. The number of amides is 1. The molecule has 1 fully saturated rings. The molecule has 0 aliphatic heterocycles. The summed E-state index contributed by atoms with van der Waals surface area (Å²) < 4.78 is 7.75. The van der Waals surface area contributed by atoms with Crippen LogP contribution >= 0.6 is 15.9 Å². The van der Waals surface area contributed by atoms with Gasteiger partial charge in [-0.1, -0.05) is 36.7 Å². The Hall–Kier alpha value is -0.653. The Morgan fingerprint density at radius 1 is 1.11 bits per heavy atom. The standard InChI is InChI=1S/C22H36BrNO2Si/c1-15-13-19(14-16(2)21(15)23)24(17(3)25)18-9-11-20(12-10-18)26-27(7,8)22(4,5)6/h13-14,18,20H,9-12H2,1-8H3. The molecule has 5 heteroatoms. The molecule has 0 heterocycles. The van der Waals surface area contributed by atoms with Crippen molar-refractivity contribution in [1.29, 1.82) is 0 Å². The van der Waals surface area contributed by atoms with Crippen molar-refractivity contribution in [2.75, 3.05) is 4.90 Å².